The zero-order chi connectivity index (χ0) is 21.6. The number of aromatic nitrogens is 2. The number of rotatable bonds is 7. The average molecular weight is 456 g/mol. The molecular weight excluding hydrogens is 434 g/mol. The van der Waals surface area contributed by atoms with Gasteiger partial charge in [-0.15, -0.1) is 11.3 Å². The molecule has 2 heterocycles. The molecule has 9 heteroatoms. The molecule has 1 saturated carbocycles. The lowest BCUT2D eigenvalue weighted by Crippen LogP contribution is -2.32. The second-order valence-corrected chi connectivity index (χ2v) is 10.7. The first-order chi connectivity index (χ1) is 14.9. The van der Waals surface area contributed by atoms with E-state index in [2.05, 4.69) is 14.7 Å². The molecule has 0 radical (unpaired) electrons. The Kier molecular flexibility index (Phi) is 4.94. The number of benzene rings is 2. The maximum absolute atomic E-state index is 13.7. The summed E-state index contributed by atoms with van der Waals surface area (Å²) in [7, 11) is -3.76. The van der Waals surface area contributed by atoms with Gasteiger partial charge in [-0.05, 0) is 60.5 Å². The molecule has 160 valence electrons. The van der Waals surface area contributed by atoms with Crippen molar-refractivity contribution in [2.24, 2.45) is 5.92 Å². The van der Waals surface area contributed by atoms with Crippen molar-refractivity contribution in [1.29, 1.82) is 0 Å². The van der Waals surface area contributed by atoms with E-state index in [4.69, 9.17) is 0 Å². The summed E-state index contributed by atoms with van der Waals surface area (Å²) >= 11 is 1.51. The first-order valence-electron chi connectivity index (χ1n) is 10.1. The third-order valence-corrected chi connectivity index (χ3v) is 8.86. The smallest absolute Gasteiger partial charge is 0.296 e. The van der Waals surface area contributed by atoms with Crippen molar-refractivity contribution in [1.82, 2.24) is 10.1 Å². The lowest BCUT2D eigenvalue weighted by Gasteiger charge is -2.24. The molecule has 1 aliphatic carbocycles. The van der Waals surface area contributed by atoms with E-state index >= 15 is 0 Å². The molecule has 1 fully saturated rings. The van der Waals surface area contributed by atoms with Crippen molar-refractivity contribution in [3.8, 4) is 11.4 Å². The lowest BCUT2D eigenvalue weighted by molar-refractivity contribution is 0.388. The summed E-state index contributed by atoms with van der Waals surface area (Å²) in [6, 6.07) is 14.3. The van der Waals surface area contributed by atoms with Gasteiger partial charge in [0.05, 0.1) is 4.90 Å². The van der Waals surface area contributed by atoms with Crippen molar-refractivity contribution >= 4 is 36.4 Å². The first-order valence-corrected chi connectivity index (χ1v) is 12.4. The van der Waals surface area contributed by atoms with Gasteiger partial charge < -0.3 is 0 Å². The third kappa shape index (κ3) is 3.79. The summed E-state index contributed by atoms with van der Waals surface area (Å²) in [5.41, 5.74) is 1.56. The molecule has 5 rings (SSSR count). The number of hydrogen-bond acceptors (Lipinski definition) is 6. The molecule has 0 spiro atoms. The van der Waals surface area contributed by atoms with E-state index in [1.807, 2.05) is 31.2 Å². The Balaban J connectivity index is 1.54. The fourth-order valence-electron chi connectivity index (χ4n) is 3.70. The minimum Gasteiger partial charge on any atom is -0.296 e. The maximum atomic E-state index is 13.7. The van der Waals surface area contributed by atoms with Crippen molar-refractivity contribution in [3.63, 3.8) is 0 Å². The molecule has 2 aromatic carbocycles. The van der Waals surface area contributed by atoms with E-state index in [1.165, 1.54) is 24.2 Å². The van der Waals surface area contributed by atoms with E-state index in [1.54, 1.807) is 28.6 Å². The van der Waals surface area contributed by atoms with E-state index in [0.29, 0.717) is 18.0 Å². The van der Waals surface area contributed by atoms with Gasteiger partial charge in [-0.1, -0.05) is 36.2 Å². The molecular formula is C22H21N3O4S2. The minimum absolute atomic E-state index is 0.203. The van der Waals surface area contributed by atoms with Crippen LogP contribution in [0.5, 0.6) is 0 Å². The standard InChI is InChI=1S/C22H21N3O4S2/c1-14-18-4-2-3-5-19(18)30-21(14)25(13-12-15-6-7-15)31(27,28)17-10-8-16(9-11-17)20-23-22(26)29-24-20/h2-5,8-11,15H,6-7,12-13H2,1H3,(H,23,24,26). The quantitative estimate of drug-likeness (QED) is 0.441. The number of H-pyrrole nitrogens is 1. The Morgan fingerprint density at radius 1 is 1.16 bits per heavy atom. The Hall–Kier alpha value is -2.91. The van der Waals surface area contributed by atoms with E-state index < -0.39 is 15.8 Å². The molecule has 4 aromatic rings. The van der Waals surface area contributed by atoms with Crippen LogP contribution >= 0.6 is 11.3 Å². The Labute approximate surface area is 183 Å². The number of aryl methyl sites for hydroxylation is 1. The number of thiophene rings is 1. The van der Waals surface area contributed by atoms with Gasteiger partial charge in [0, 0.05) is 16.8 Å². The summed E-state index contributed by atoms with van der Waals surface area (Å²) in [5, 5.41) is 5.50. The lowest BCUT2D eigenvalue weighted by atomic mass is 10.2. The highest BCUT2D eigenvalue weighted by Gasteiger charge is 2.31. The predicted octanol–water partition coefficient (Wildman–Crippen LogP) is 4.55. The van der Waals surface area contributed by atoms with Crippen LogP contribution < -0.4 is 10.1 Å². The summed E-state index contributed by atoms with van der Waals surface area (Å²) in [6.45, 7) is 2.44. The van der Waals surface area contributed by atoms with E-state index in [0.717, 1.165) is 27.1 Å². The van der Waals surface area contributed by atoms with Gasteiger partial charge in [-0.3, -0.25) is 13.8 Å². The predicted molar refractivity (Wildman–Crippen MR) is 121 cm³/mol. The molecule has 31 heavy (non-hydrogen) atoms. The second kappa shape index (κ2) is 7.65. The third-order valence-electron chi connectivity index (χ3n) is 5.64. The van der Waals surface area contributed by atoms with Crippen LogP contribution in [-0.2, 0) is 10.0 Å². The zero-order valence-corrected chi connectivity index (χ0v) is 18.5. The molecule has 1 aliphatic rings. The van der Waals surface area contributed by atoms with E-state index in [9.17, 15) is 13.2 Å². The maximum Gasteiger partial charge on any atom is 0.439 e. The zero-order valence-electron chi connectivity index (χ0n) is 16.9. The molecule has 2 aromatic heterocycles. The fraction of sp³-hybridized carbons (Fsp3) is 0.273. The fourth-order valence-corrected chi connectivity index (χ4v) is 6.69. The summed E-state index contributed by atoms with van der Waals surface area (Å²) < 4.78 is 34.5. The molecule has 0 saturated heterocycles. The number of aromatic amines is 1. The molecule has 7 nitrogen and oxygen atoms in total. The van der Waals surface area contributed by atoms with Crippen LogP contribution in [0.15, 0.2) is 62.7 Å². The average Bonchev–Trinajstić information content (AvgIpc) is 3.41. The molecule has 0 atom stereocenters. The second-order valence-electron chi connectivity index (χ2n) is 7.81. The highest BCUT2D eigenvalue weighted by Crippen LogP contribution is 2.41. The minimum atomic E-state index is -3.76. The number of anilines is 1. The SMILES string of the molecule is Cc1c(N(CCC2CC2)S(=O)(=O)c2ccc(-c3noc(=O)[nH]3)cc2)sc2ccccc12. The van der Waals surface area contributed by atoms with Crippen molar-refractivity contribution in [2.75, 3.05) is 10.8 Å². The Bertz CT molecular complexity index is 1400. The number of fused-ring (bicyclic) bond motifs is 1. The largest absolute Gasteiger partial charge is 0.439 e. The van der Waals surface area contributed by atoms with Gasteiger partial charge in [0.2, 0.25) is 0 Å². The number of hydrogen-bond donors (Lipinski definition) is 1. The number of nitrogens with one attached hydrogen (secondary N) is 1. The molecule has 0 aliphatic heterocycles. The van der Waals surface area contributed by atoms with Gasteiger partial charge in [0.25, 0.3) is 10.0 Å². The molecule has 1 N–H and O–H groups in total. The van der Waals surface area contributed by atoms with Gasteiger partial charge in [-0.2, -0.15) is 0 Å². The molecule has 0 amide bonds. The van der Waals surface area contributed by atoms with E-state index in [-0.39, 0.29) is 10.7 Å². The Morgan fingerprint density at radius 2 is 1.90 bits per heavy atom. The monoisotopic (exact) mass is 455 g/mol. The summed E-state index contributed by atoms with van der Waals surface area (Å²) in [5.74, 6) is 0.219. The van der Waals surface area contributed by atoms with Crippen LogP contribution in [0.25, 0.3) is 21.5 Å². The Morgan fingerprint density at radius 3 is 2.55 bits per heavy atom. The van der Waals surface area contributed by atoms with Crippen LogP contribution in [0.1, 0.15) is 24.8 Å². The van der Waals surface area contributed by atoms with Crippen LogP contribution in [-0.4, -0.2) is 25.1 Å². The van der Waals surface area contributed by atoms with Gasteiger partial charge in [0.15, 0.2) is 5.82 Å². The van der Waals surface area contributed by atoms with Crippen molar-refractivity contribution in [2.45, 2.75) is 31.1 Å². The first kappa shape index (κ1) is 20.0. The summed E-state index contributed by atoms with van der Waals surface area (Å²) in [6.07, 6.45) is 3.19. The molecule has 0 bridgehead atoms. The van der Waals surface area contributed by atoms with Gasteiger partial charge in [-0.25, -0.2) is 13.2 Å². The number of sulfonamides is 1. The van der Waals surface area contributed by atoms with Crippen molar-refractivity contribution in [3.05, 3.63) is 64.6 Å². The van der Waals surface area contributed by atoms with Crippen LogP contribution in [0, 0.1) is 12.8 Å². The summed E-state index contributed by atoms with van der Waals surface area (Å²) in [4.78, 5) is 13.9. The normalized spacial score (nSPS) is 14.2. The highest BCUT2D eigenvalue weighted by molar-refractivity contribution is 7.93. The van der Waals surface area contributed by atoms with Gasteiger partial charge in [0.1, 0.15) is 5.00 Å². The van der Waals surface area contributed by atoms with Crippen LogP contribution in [0.4, 0.5) is 5.00 Å². The molecule has 0 unspecified atom stereocenters. The number of nitrogens with zero attached hydrogens (tertiary/aromatic N) is 2. The van der Waals surface area contributed by atoms with Crippen LogP contribution in [0.3, 0.4) is 0 Å². The van der Waals surface area contributed by atoms with Crippen molar-refractivity contribution < 1.29 is 12.9 Å². The van der Waals surface area contributed by atoms with Gasteiger partial charge >= 0.3 is 5.76 Å². The highest BCUT2D eigenvalue weighted by atomic mass is 32.2. The topological polar surface area (TPSA) is 96.3 Å². The van der Waals surface area contributed by atoms with Crippen LogP contribution in [0.2, 0.25) is 0 Å².